The molecule has 0 aliphatic carbocycles. The Labute approximate surface area is 119 Å². The van der Waals surface area contributed by atoms with Gasteiger partial charge in [0.2, 0.25) is 5.91 Å². The summed E-state index contributed by atoms with van der Waals surface area (Å²) in [5.41, 5.74) is 7.08. The molecule has 20 heavy (non-hydrogen) atoms. The highest BCUT2D eigenvalue weighted by atomic mass is 16.2. The molecule has 5 heteroatoms. The van der Waals surface area contributed by atoms with E-state index in [1.807, 2.05) is 31.3 Å². The summed E-state index contributed by atoms with van der Waals surface area (Å²) in [7, 11) is 1.89. The third-order valence-corrected chi connectivity index (χ3v) is 3.77. The molecule has 0 radical (unpaired) electrons. The molecule has 1 heterocycles. The van der Waals surface area contributed by atoms with E-state index < -0.39 is 0 Å². The molecule has 1 aromatic rings. The monoisotopic (exact) mass is 275 g/mol. The van der Waals surface area contributed by atoms with Gasteiger partial charge < -0.3 is 16.0 Å². The summed E-state index contributed by atoms with van der Waals surface area (Å²) in [5.74, 6) is -0.521. The topological polar surface area (TPSA) is 75.4 Å². The number of nitrogens with one attached hydrogen (secondary N) is 1. The lowest BCUT2D eigenvalue weighted by Gasteiger charge is -2.18. The number of nitrogens with zero attached hydrogens (tertiary/aromatic N) is 1. The second-order valence-corrected chi connectivity index (χ2v) is 5.15. The van der Waals surface area contributed by atoms with Gasteiger partial charge in [-0.05, 0) is 38.1 Å². The minimum absolute atomic E-state index is 0.000420. The van der Waals surface area contributed by atoms with Crippen molar-refractivity contribution in [3.63, 3.8) is 0 Å². The highest BCUT2D eigenvalue weighted by Gasteiger charge is 2.30. The smallest absolute Gasteiger partial charge is 0.254 e. The van der Waals surface area contributed by atoms with Gasteiger partial charge in [-0.25, -0.2) is 0 Å². The minimum atomic E-state index is -0.316. The van der Waals surface area contributed by atoms with Gasteiger partial charge in [0.1, 0.15) is 0 Å². The molecule has 1 aliphatic rings. The Kier molecular flexibility index (Phi) is 4.74. The van der Waals surface area contributed by atoms with Crippen molar-refractivity contribution < 1.29 is 9.59 Å². The Bertz CT molecular complexity index is 502. The van der Waals surface area contributed by atoms with Crippen LogP contribution in [0.4, 0.5) is 0 Å². The van der Waals surface area contributed by atoms with E-state index in [1.165, 1.54) is 0 Å². The SMILES string of the molecule is CNCCc1ccccc1C(=O)N1CCC(C(N)=O)C1. The first-order chi connectivity index (χ1) is 9.63. The molecule has 5 nitrogen and oxygen atoms in total. The van der Waals surface area contributed by atoms with E-state index in [-0.39, 0.29) is 17.7 Å². The van der Waals surface area contributed by atoms with Gasteiger partial charge in [0.05, 0.1) is 5.92 Å². The van der Waals surface area contributed by atoms with Crippen LogP contribution in [-0.2, 0) is 11.2 Å². The summed E-state index contributed by atoms with van der Waals surface area (Å²) in [6, 6.07) is 7.65. The van der Waals surface area contributed by atoms with E-state index in [4.69, 9.17) is 5.73 Å². The first-order valence-electron chi connectivity index (χ1n) is 6.94. The maximum Gasteiger partial charge on any atom is 0.254 e. The van der Waals surface area contributed by atoms with E-state index >= 15 is 0 Å². The molecule has 3 N–H and O–H groups in total. The Balaban J connectivity index is 2.11. The second-order valence-electron chi connectivity index (χ2n) is 5.15. The average Bonchev–Trinajstić information content (AvgIpc) is 2.94. The Morgan fingerprint density at radius 2 is 2.15 bits per heavy atom. The van der Waals surface area contributed by atoms with Crippen LogP contribution in [0.15, 0.2) is 24.3 Å². The molecule has 1 aliphatic heterocycles. The first kappa shape index (κ1) is 14.5. The molecule has 0 bridgehead atoms. The number of benzene rings is 1. The van der Waals surface area contributed by atoms with Gasteiger partial charge in [0.25, 0.3) is 5.91 Å². The van der Waals surface area contributed by atoms with Crippen LogP contribution >= 0.6 is 0 Å². The van der Waals surface area contributed by atoms with Crippen LogP contribution in [0.2, 0.25) is 0 Å². The zero-order valence-corrected chi connectivity index (χ0v) is 11.8. The quantitative estimate of drug-likeness (QED) is 0.816. The van der Waals surface area contributed by atoms with Crippen LogP contribution in [0.3, 0.4) is 0 Å². The number of hydrogen-bond donors (Lipinski definition) is 2. The number of likely N-dealkylation sites (tertiary alicyclic amines) is 1. The predicted octanol–water partition coefficient (Wildman–Crippen LogP) is 0.396. The molecule has 1 atom stereocenters. The zero-order valence-electron chi connectivity index (χ0n) is 11.8. The first-order valence-corrected chi connectivity index (χ1v) is 6.94. The molecule has 2 amide bonds. The summed E-state index contributed by atoms with van der Waals surface area (Å²) < 4.78 is 0. The van der Waals surface area contributed by atoms with Gasteiger partial charge in [0.15, 0.2) is 0 Å². The van der Waals surface area contributed by atoms with Crippen LogP contribution < -0.4 is 11.1 Å². The lowest BCUT2D eigenvalue weighted by atomic mass is 10.0. The van der Waals surface area contributed by atoms with Crippen LogP contribution in [-0.4, -0.2) is 43.4 Å². The summed E-state index contributed by atoms with van der Waals surface area (Å²) in [4.78, 5) is 25.5. The summed E-state index contributed by atoms with van der Waals surface area (Å²) in [6.07, 6.45) is 1.48. The molecule has 2 rings (SSSR count). The Morgan fingerprint density at radius 3 is 2.80 bits per heavy atom. The van der Waals surface area contributed by atoms with Gasteiger partial charge in [-0.2, -0.15) is 0 Å². The fourth-order valence-corrected chi connectivity index (χ4v) is 2.55. The molecule has 1 saturated heterocycles. The maximum absolute atomic E-state index is 12.6. The van der Waals surface area contributed by atoms with Crippen molar-refractivity contribution in [2.75, 3.05) is 26.7 Å². The number of primary amides is 1. The van der Waals surface area contributed by atoms with Gasteiger partial charge in [-0.3, -0.25) is 9.59 Å². The van der Waals surface area contributed by atoms with E-state index in [0.717, 1.165) is 24.1 Å². The van der Waals surface area contributed by atoms with Crippen LogP contribution in [0.1, 0.15) is 22.3 Å². The number of rotatable bonds is 5. The van der Waals surface area contributed by atoms with Gasteiger partial charge in [0, 0.05) is 18.7 Å². The van der Waals surface area contributed by atoms with Gasteiger partial charge in [-0.1, -0.05) is 18.2 Å². The van der Waals surface area contributed by atoms with Crippen molar-refractivity contribution in [3.8, 4) is 0 Å². The largest absolute Gasteiger partial charge is 0.369 e. The predicted molar refractivity (Wildman–Crippen MR) is 77.3 cm³/mol. The van der Waals surface area contributed by atoms with E-state index in [2.05, 4.69) is 5.32 Å². The third-order valence-electron chi connectivity index (χ3n) is 3.77. The molecular weight excluding hydrogens is 254 g/mol. The molecule has 1 unspecified atom stereocenters. The minimum Gasteiger partial charge on any atom is -0.369 e. The Hall–Kier alpha value is -1.88. The maximum atomic E-state index is 12.6. The van der Waals surface area contributed by atoms with Crippen LogP contribution in [0.25, 0.3) is 0 Å². The van der Waals surface area contributed by atoms with Crippen molar-refractivity contribution in [1.82, 2.24) is 10.2 Å². The number of likely N-dealkylation sites (N-methyl/N-ethyl adjacent to an activating group) is 1. The summed E-state index contributed by atoms with van der Waals surface area (Å²) in [6.45, 7) is 1.87. The van der Waals surface area contributed by atoms with E-state index in [0.29, 0.717) is 19.5 Å². The second kappa shape index (κ2) is 6.52. The lowest BCUT2D eigenvalue weighted by Crippen LogP contribution is -2.32. The number of amides is 2. The molecule has 1 fully saturated rings. The van der Waals surface area contributed by atoms with E-state index in [1.54, 1.807) is 4.90 Å². The number of hydrogen-bond acceptors (Lipinski definition) is 3. The van der Waals surface area contributed by atoms with Crippen molar-refractivity contribution in [2.45, 2.75) is 12.8 Å². The molecule has 0 aromatic heterocycles. The fraction of sp³-hybridized carbons (Fsp3) is 0.467. The van der Waals surface area contributed by atoms with Crippen molar-refractivity contribution in [1.29, 1.82) is 0 Å². The fourth-order valence-electron chi connectivity index (χ4n) is 2.55. The standard InChI is InChI=1S/C15H21N3O2/c1-17-8-6-11-4-2-3-5-13(11)15(20)18-9-7-12(10-18)14(16)19/h2-5,12,17H,6-10H2,1H3,(H2,16,19). The van der Waals surface area contributed by atoms with Gasteiger partial charge in [-0.15, -0.1) is 0 Å². The van der Waals surface area contributed by atoms with Gasteiger partial charge >= 0.3 is 0 Å². The normalized spacial score (nSPS) is 18.2. The summed E-state index contributed by atoms with van der Waals surface area (Å²) >= 11 is 0. The Morgan fingerprint density at radius 1 is 1.40 bits per heavy atom. The lowest BCUT2D eigenvalue weighted by molar-refractivity contribution is -0.121. The van der Waals surface area contributed by atoms with Crippen molar-refractivity contribution in [2.24, 2.45) is 11.7 Å². The van der Waals surface area contributed by atoms with E-state index in [9.17, 15) is 9.59 Å². The summed E-state index contributed by atoms with van der Waals surface area (Å²) in [5, 5.41) is 3.09. The van der Waals surface area contributed by atoms with Crippen molar-refractivity contribution >= 4 is 11.8 Å². The number of carbonyl (C=O) groups is 2. The van der Waals surface area contributed by atoms with Crippen LogP contribution in [0.5, 0.6) is 0 Å². The molecule has 108 valence electrons. The molecular formula is C15H21N3O2. The van der Waals surface area contributed by atoms with Crippen LogP contribution in [0, 0.1) is 5.92 Å². The highest BCUT2D eigenvalue weighted by Crippen LogP contribution is 2.20. The number of carbonyl (C=O) groups excluding carboxylic acids is 2. The third kappa shape index (κ3) is 3.17. The average molecular weight is 275 g/mol. The number of nitrogens with two attached hydrogens (primary N) is 1. The molecule has 1 aromatic carbocycles. The zero-order chi connectivity index (χ0) is 14.5. The molecule has 0 saturated carbocycles. The molecule has 0 spiro atoms. The van der Waals surface area contributed by atoms with Crippen molar-refractivity contribution in [3.05, 3.63) is 35.4 Å². The highest BCUT2D eigenvalue weighted by molar-refractivity contribution is 5.96.